The van der Waals surface area contributed by atoms with E-state index in [0.29, 0.717) is 12.2 Å². The Labute approximate surface area is 87.5 Å². The Morgan fingerprint density at radius 1 is 1.47 bits per heavy atom. The largest absolute Gasteiger partial charge is 0.398 e. The molecule has 0 aliphatic rings. The zero-order valence-corrected chi connectivity index (χ0v) is 8.22. The summed E-state index contributed by atoms with van der Waals surface area (Å²) in [4.78, 5) is 9.97. The van der Waals surface area contributed by atoms with E-state index in [1.54, 1.807) is 6.07 Å². The second kappa shape index (κ2) is 5.11. The zero-order valence-electron chi connectivity index (χ0n) is 8.22. The van der Waals surface area contributed by atoms with E-state index in [1.807, 2.05) is 12.2 Å². The number of nitrogens with zero attached hydrogens (tertiary/aromatic N) is 1. The average molecular weight is 207 g/mol. The molecule has 5 heteroatoms. The predicted octanol–water partition coefficient (Wildman–Crippen LogP) is 1.54. The van der Waals surface area contributed by atoms with Crippen molar-refractivity contribution in [1.29, 1.82) is 0 Å². The number of nitrogen functional groups attached to an aromatic ring is 1. The van der Waals surface area contributed by atoms with E-state index in [1.165, 1.54) is 12.1 Å². The van der Waals surface area contributed by atoms with Crippen molar-refractivity contribution in [2.45, 2.75) is 6.42 Å². The van der Waals surface area contributed by atoms with Crippen LogP contribution in [-0.2, 0) is 0 Å². The summed E-state index contributed by atoms with van der Waals surface area (Å²) in [7, 11) is 0. The Morgan fingerprint density at radius 2 is 2.20 bits per heavy atom. The van der Waals surface area contributed by atoms with Gasteiger partial charge in [-0.05, 0) is 24.6 Å². The van der Waals surface area contributed by atoms with Gasteiger partial charge in [-0.3, -0.25) is 10.1 Å². The highest BCUT2D eigenvalue weighted by Crippen LogP contribution is 2.20. The van der Waals surface area contributed by atoms with Crippen LogP contribution in [0.4, 0.5) is 11.4 Å². The first-order valence-corrected chi connectivity index (χ1v) is 4.55. The lowest BCUT2D eigenvalue weighted by molar-refractivity contribution is -0.384. The van der Waals surface area contributed by atoms with Gasteiger partial charge in [0.2, 0.25) is 0 Å². The molecule has 0 heterocycles. The quantitative estimate of drug-likeness (QED) is 0.444. The third-order valence-corrected chi connectivity index (χ3v) is 1.91. The zero-order chi connectivity index (χ0) is 11.3. The summed E-state index contributed by atoms with van der Waals surface area (Å²) < 4.78 is 0. The lowest BCUT2D eigenvalue weighted by atomic mass is 10.1. The number of nitro benzene ring substituents is 1. The molecule has 80 valence electrons. The van der Waals surface area contributed by atoms with Gasteiger partial charge in [0.05, 0.1) is 4.92 Å². The van der Waals surface area contributed by atoms with Crippen molar-refractivity contribution in [3.63, 3.8) is 0 Å². The van der Waals surface area contributed by atoms with Crippen molar-refractivity contribution in [3.8, 4) is 0 Å². The van der Waals surface area contributed by atoms with Gasteiger partial charge < -0.3 is 11.5 Å². The topological polar surface area (TPSA) is 95.2 Å². The van der Waals surface area contributed by atoms with E-state index < -0.39 is 4.92 Å². The van der Waals surface area contributed by atoms with E-state index in [9.17, 15) is 10.1 Å². The SMILES string of the molecule is NCCC=Cc1ccc([N+](=O)[O-])cc1N. The van der Waals surface area contributed by atoms with E-state index >= 15 is 0 Å². The van der Waals surface area contributed by atoms with Gasteiger partial charge in [0.15, 0.2) is 0 Å². The van der Waals surface area contributed by atoms with Crippen molar-refractivity contribution < 1.29 is 4.92 Å². The van der Waals surface area contributed by atoms with Crippen molar-refractivity contribution in [1.82, 2.24) is 0 Å². The summed E-state index contributed by atoms with van der Waals surface area (Å²) in [5.41, 5.74) is 12.2. The normalized spacial score (nSPS) is 10.7. The highest BCUT2D eigenvalue weighted by molar-refractivity contribution is 5.67. The molecule has 1 aromatic carbocycles. The number of hydrogen-bond acceptors (Lipinski definition) is 4. The van der Waals surface area contributed by atoms with Gasteiger partial charge in [0, 0.05) is 17.8 Å². The second-order valence-electron chi connectivity index (χ2n) is 3.05. The summed E-state index contributed by atoms with van der Waals surface area (Å²) in [6.07, 6.45) is 4.46. The van der Waals surface area contributed by atoms with Gasteiger partial charge >= 0.3 is 0 Å². The molecule has 1 rings (SSSR count). The molecule has 0 saturated heterocycles. The van der Waals surface area contributed by atoms with Crippen molar-refractivity contribution in [2.75, 3.05) is 12.3 Å². The van der Waals surface area contributed by atoms with Crippen molar-refractivity contribution >= 4 is 17.5 Å². The molecule has 0 atom stereocenters. The van der Waals surface area contributed by atoms with Gasteiger partial charge in [-0.2, -0.15) is 0 Å². The molecule has 1 aromatic rings. The highest BCUT2D eigenvalue weighted by atomic mass is 16.6. The van der Waals surface area contributed by atoms with Crippen LogP contribution < -0.4 is 11.5 Å². The molecule has 0 aliphatic carbocycles. The van der Waals surface area contributed by atoms with Gasteiger partial charge in [0.25, 0.3) is 5.69 Å². The van der Waals surface area contributed by atoms with Crippen LogP contribution in [0.1, 0.15) is 12.0 Å². The molecule has 0 amide bonds. The molecule has 15 heavy (non-hydrogen) atoms. The minimum atomic E-state index is -0.469. The fraction of sp³-hybridized carbons (Fsp3) is 0.200. The maximum Gasteiger partial charge on any atom is 0.271 e. The van der Waals surface area contributed by atoms with Crippen LogP contribution >= 0.6 is 0 Å². The smallest absolute Gasteiger partial charge is 0.271 e. The maximum atomic E-state index is 10.4. The first-order valence-electron chi connectivity index (χ1n) is 4.55. The summed E-state index contributed by atoms with van der Waals surface area (Å²) in [6.45, 7) is 0.573. The molecule has 0 radical (unpaired) electrons. The Bertz CT molecular complexity index is 388. The number of nitro groups is 1. The van der Waals surface area contributed by atoms with Gasteiger partial charge in [-0.15, -0.1) is 0 Å². The molecule has 0 aliphatic heterocycles. The van der Waals surface area contributed by atoms with Crippen LogP contribution in [0.3, 0.4) is 0 Å². The first-order chi connectivity index (χ1) is 7.15. The van der Waals surface area contributed by atoms with Gasteiger partial charge in [-0.1, -0.05) is 12.2 Å². The van der Waals surface area contributed by atoms with Crippen LogP contribution in [0.2, 0.25) is 0 Å². The monoisotopic (exact) mass is 207 g/mol. The minimum Gasteiger partial charge on any atom is -0.398 e. The van der Waals surface area contributed by atoms with E-state index in [0.717, 1.165) is 12.0 Å². The van der Waals surface area contributed by atoms with Gasteiger partial charge in [-0.25, -0.2) is 0 Å². The summed E-state index contributed by atoms with van der Waals surface area (Å²) in [5.74, 6) is 0. The Hall–Kier alpha value is -1.88. The van der Waals surface area contributed by atoms with Crippen LogP contribution in [0.5, 0.6) is 0 Å². The highest BCUT2D eigenvalue weighted by Gasteiger charge is 2.06. The van der Waals surface area contributed by atoms with Crippen molar-refractivity contribution in [3.05, 3.63) is 40.0 Å². The number of nitrogens with two attached hydrogens (primary N) is 2. The number of non-ortho nitro benzene ring substituents is 1. The number of anilines is 1. The molecule has 0 spiro atoms. The fourth-order valence-corrected chi connectivity index (χ4v) is 1.13. The molecule has 0 bridgehead atoms. The van der Waals surface area contributed by atoms with E-state index in [-0.39, 0.29) is 5.69 Å². The number of benzene rings is 1. The molecule has 0 fully saturated rings. The standard InChI is InChI=1S/C10H13N3O2/c11-6-2-1-3-8-4-5-9(13(14)15)7-10(8)12/h1,3-5,7H,2,6,11-12H2. The maximum absolute atomic E-state index is 10.4. The predicted molar refractivity (Wildman–Crippen MR) is 60.2 cm³/mol. The number of hydrogen-bond donors (Lipinski definition) is 2. The third-order valence-electron chi connectivity index (χ3n) is 1.91. The molecular weight excluding hydrogens is 194 g/mol. The van der Waals surface area contributed by atoms with E-state index in [4.69, 9.17) is 11.5 Å². The Morgan fingerprint density at radius 3 is 2.73 bits per heavy atom. The molecular formula is C10H13N3O2. The van der Waals surface area contributed by atoms with Crippen LogP contribution in [-0.4, -0.2) is 11.5 Å². The average Bonchev–Trinajstić information content (AvgIpc) is 2.20. The number of rotatable bonds is 4. The minimum absolute atomic E-state index is 0.00322. The summed E-state index contributed by atoms with van der Waals surface area (Å²) >= 11 is 0. The summed E-state index contributed by atoms with van der Waals surface area (Å²) in [6, 6.07) is 4.40. The molecule has 0 unspecified atom stereocenters. The first kappa shape index (κ1) is 11.2. The molecule has 5 nitrogen and oxygen atoms in total. The third kappa shape index (κ3) is 3.07. The van der Waals surface area contributed by atoms with E-state index in [2.05, 4.69) is 0 Å². The molecule has 0 saturated carbocycles. The Balaban J connectivity index is 2.88. The lowest BCUT2D eigenvalue weighted by Gasteiger charge is -1.99. The van der Waals surface area contributed by atoms with Gasteiger partial charge in [0.1, 0.15) is 0 Å². The van der Waals surface area contributed by atoms with Crippen molar-refractivity contribution in [2.24, 2.45) is 5.73 Å². The van der Waals surface area contributed by atoms with Crippen LogP contribution in [0.15, 0.2) is 24.3 Å². The molecule has 4 N–H and O–H groups in total. The summed E-state index contributed by atoms with van der Waals surface area (Å²) in [5, 5.41) is 10.4. The lowest BCUT2D eigenvalue weighted by Crippen LogP contribution is -1.96. The fourth-order valence-electron chi connectivity index (χ4n) is 1.13. The van der Waals surface area contributed by atoms with Crippen LogP contribution in [0.25, 0.3) is 6.08 Å². The Kier molecular flexibility index (Phi) is 3.82. The second-order valence-corrected chi connectivity index (χ2v) is 3.05. The molecule has 0 aromatic heterocycles. The van der Waals surface area contributed by atoms with Crippen LogP contribution in [0, 0.1) is 10.1 Å².